The van der Waals surface area contributed by atoms with Gasteiger partial charge in [0.2, 0.25) is 0 Å². The Balaban J connectivity index is 2.24. The van der Waals surface area contributed by atoms with Crippen LogP contribution in [-0.2, 0) is 0 Å². The average molecular weight is 261 g/mol. The van der Waals surface area contributed by atoms with Crippen molar-refractivity contribution in [2.24, 2.45) is 5.92 Å². The minimum atomic E-state index is 0.581. The summed E-state index contributed by atoms with van der Waals surface area (Å²) in [5.41, 5.74) is 2.67. The zero-order chi connectivity index (χ0) is 13.8. The van der Waals surface area contributed by atoms with Gasteiger partial charge >= 0.3 is 0 Å². The van der Waals surface area contributed by atoms with Gasteiger partial charge in [0.15, 0.2) is 0 Å². The fraction of sp³-hybridized carbons (Fsp3) is 0.625. The van der Waals surface area contributed by atoms with E-state index in [1.807, 2.05) is 0 Å². The Bertz CT molecular complexity index is 401. The van der Waals surface area contributed by atoms with Gasteiger partial charge in [-0.3, -0.25) is 0 Å². The minimum absolute atomic E-state index is 0.581. The molecule has 0 amide bonds. The standard InChI is InChI=1S/C16H27N3/c1-13(2)14-12-19(11-7-10-17-14)16-9-6-5-8-15(16)18(3)4/h5-6,8-9,13-14,17H,7,10-12H2,1-4H3. The van der Waals surface area contributed by atoms with E-state index in [0.29, 0.717) is 12.0 Å². The Labute approximate surface area is 117 Å². The largest absolute Gasteiger partial charge is 0.376 e. The van der Waals surface area contributed by atoms with Crippen molar-refractivity contribution in [3.05, 3.63) is 24.3 Å². The molecule has 0 aromatic heterocycles. The normalized spacial score (nSPS) is 20.5. The van der Waals surface area contributed by atoms with Gasteiger partial charge in [-0.2, -0.15) is 0 Å². The van der Waals surface area contributed by atoms with E-state index >= 15 is 0 Å². The topological polar surface area (TPSA) is 18.5 Å². The first-order valence-electron chi connectivity index (χ1n) is 7.34. The van der Waals surface area contributed by atoms with Crippen LogP contribution in [0.3, 0.4) is 0 Å². The molecule has 1 saturated heterocycles. The van der Waals surface area contributed by atoms with Crippen LogP contribution in [0.2, 0.25) is 0 Å². The smallest absolute Gasteiger partial charge is 0.0604 e. The molecule has 1 aliphatic heterocycles. The van der Waals surface area contributed by atoms with E-state index in [1.54, 1.807) is 0 Å². The Hall–Kier alpha value is -1.22. The first-order chi connectivity index (χ1) is 9.09. The second-order valence-corrected chi connectivity index (χ2v) is 5.99. The summed E-state index contributed by atoms with van der Waals surface area (Å²) in [6.07, 6.45) is 1.21. The number of hydrogen-bond donors (Lipinski definition) is 1. The molecule has 3 nitrogen and oxygen atoms in total. The maximum atomic E-state index is 3.67. The summed E-state index contributed by atoms with van der Waals surface area (Å²) >= 11 is 0. The fourth-order valence-corrected chi connectivity index (χ4v) is 2.73. The van der Waals surface area contributed by atoms with Crippen LogP contribution in [0.1, 0.15) is 20.3 Å². The molecular formula is C16H27N3. The van der Waals surface area contributed by atoms with Gasteiger partial charge in [-0.25, -0.2) is 0 Å². The molecule has 0 radical (unpaired) electrons. The number of rotatable bonds is 3. The van der Waals surface area contributed by atoms with Crippen LogP contribution in [-0.4, -0.2) is 39.8 Å². The van der Waals surface area contributed by atoms with Gasteiger partial charge in [-0.05, 0) is 31.0 Å². The van der Waals surface area contributed by atoms with Gasteiger partial charge in [0, 0.05) is 33.2 Å². The first-order valence-corrected chi connectivity index (χ1v) is 7.34. The Morgan fingerprint density at radius 1 is 1.26 bits per heavy atom. The van der Waals surface area contributed by atoms with E-state index in [4.69, 9.17) is 0 Å². The Morgan fingerprint density at radius 2 is 2.00 bits per heavy atom. The number of nitrogens with one attached hydrogen (secondary N) is 1. The SMILES string of the molecule is CC(C)C1CN(c2ccccc2N(C)C)CCCN1. The van der Waals surface area contributed by atoms with Gasteiger partial charge in [0.05, 0.1) is 11.4 Å². The molecule has 1 aromatic rings. The minimum Gasteiger partial charge on any atom is -0.376 e. The monoisotopic (exact) mass is 261 g/mol. The lowest BCUT2D eigenvalue weighted by molar-refractivity contribution is 0.420. The molecule has 1 heterocycles. The van der Waals surface area contributed by atoms with E-state index in [-0.39, 0.29) is 0 Å². The van der Waals surface area contributed by atoms with Gasteiger partial charge in [0.1, 0.15) is 0 Å². The van der Waals surface area contributed by atoms with Crippen LogP contribution in [0.4, 0.5) is 11.4 Å². The molecule has 1 aromatic carbocycles. The lowest BCUT2D eigenvalue weighted by atomic mass is 10.0. The van der Waals surface area contributed by atoms with E-state index in [9.17, 15) is 0 Å². The quantitative estimate of drug-likeness (QED) is 0.902. The third-order valence-electron chi connectivity index (χ3n) is 3.94. The van der Waals surface area contributed by atoms with Crippen LogP contribution in [0.25, 0.3) is 0 Å². The van der Waals surface area contributed by atoms with Crippen molar-refractivity contribution >= 4 is 11.4 Å². The van der Waals surface area contributed by atoms with Crippen LogP contribution < -0.4 is 15.1 Å². The molecule has 1 aliphatic rings. The van der Waals surface area contributed by atoms with Crippen LogP contribution in [0, 0.1) is 5.92 Å². The zero-order valence-electron chi connectivity index (χ0n) is 12.7. The zero-order valence-corrected chi connectivity index (χ0v) is 12.7. The van der Waals surface area contributed by atoms with Crippen molar-refractivity contribution in [1.29, 1.82) is 0 Å². The maximum absolute atomic E-state index is 3.67. The highest BCUT2D eigenvalue weighted by Crippen LogP contribution is 2.29. The molecule has 106 valence electrons. The van der Waals surface area contributed by atoms with Gasteiger partial charge in [0.25, 0.3) is 0 Å². The predicted octanol–water partition coefficient (Wildman–Crippen LogP) is 2.58. The van der Waals surface area contributed by atoms with Gasteiger partial charge < -0.3 is 15.1 Å². The molecule has 19 heavy (non-hydrogen) atoms. The molecule has 1 unspecified atom stereocenters. The predicted molar refractivity (Wildman–Crippen MR) is 84.2 cm³/mol. The van der Waals surface area contributed by atoms with Gasteiger partial charge in [-0.15, -0.1) is 0 Å². The molecule has 1 N–H and O–H groups in total. The van der Waals surface area contributed by atoms with Crippen LogP contribution in [0.5, 0.6) is 0 Å². The van der Waals surface area contributed by atoms with Gasteiger partial charge in [-0.1, -0.05) is 26.0 Å². The van der Waals surface area contributed by atoms with Crippen molar-refractivity contribution < 1.29 is 0 Å². The second kappa shape index (κ2) is 6.29. The second-order valence-electron chi connectivity index (χ2n) is 5.99. The van der Waals surface area contributed by atoms with E-state index in [2.05, 4.69) is 67.3 Å². The summed E-state index contributed by atoms with van der Waals surface area (Å²) in [4.78, 5) is 4.75. The van der Waals surface area contributed by atoms with Crippen molar-refractivity contribution in [2.45, 2.75) is 26.3 Å². The number of benzene rings is 1. The summed E-state index contributed by atoms with van der Waals surface area (Å²) in [5, 5.41) is 3.67. The molecular weight excluding hydrogens is 234 g/mol. The lowest BCUT2D eigenvalue weighted by Gasteiger charge is -2.31. The van der Waals surface area contributed by atoms with E-state index in [0.717, 1.165) is 19.6 Å². The average Bonchev–Trinajstić information content (AvgIpc) is 2.64. The van der Waals surface area contributed by atoms with Crippen molar-refractivity contribution in [1.82, 2.24) is 5.32 Å². The van der Waals surface area contributed by atoms with Crippen LogP contribution >= 0.6 is 0 Å². The van der Waals surface area contributed by atoms with E-state index < -0.39 is 0 Å². The summed E-state index contributed by atoms with van der Waals surface area (Å²) < 4.78 is 0. The molecule has 0 spiro atoms. The molecule has 1 fully saturated rings. The summed E-state index contributed by atoms with van der Waals surface area (Å²) in [5.74, 6) is 0.673. The number of nitrogens with zero attached hydrogens (tertiary/aromatic N) is 2. The molecule has 0 bridgehead atoms. The number of hydrogen-bond acceptors (Lipinski definition) is 3. The highest BCUT2D eigenvalue weighted by molar-refractivity contribution is 5.70. The van der Waals surface area contributed by atoms with Crippen LogP contribution in [0.15, 0.2) is 24.3 Å². The molecule has 3 heteroatoms. The van der Waals surface area contributed by atoms with Crippen molar-refractivity contribution in [2.75, 3.05) is 43.5 Å². The maximum Gasteiger partial charge on any atom is 0.0604 e. The molecule has 2 rings (SSSR count). The summed E-state index contributed by atoms with van der Waals surface area (Å²) in [6, 6.07) is 9.30. The number of para-hydroxylation sites is 2. The lowest BCUT2D eigenvalue weighted by Crippen LogP contribution is -2.41. The summed E-state index contributed by atoms with van der Waals surface area (Å²) in [7, 11) is 4.24. The molecule has 1 atom stereocenters. The van der Waals surface area contributed by atoms with Crippen molar-refractivity contribution in [3.8, 4) is 0 Å². The summed E-state index contributed by atoms with van der Waals surface area (Å²) in [6.45, 7) is 7.98. The first kappa shape index (κ1) is 14.2. The Kier molecular flexibility index (Phi) is 4.70. The van der Waals surface area contributed by atoms with Crippen molar-refractivity contribution in [3.63, 3.8) is 0 Å². The number of anilines is 2. The fourth-order valence-electron chi connectivity index (χ4n) is 2.73. The molecule has 0 aliphatic carbocycles. The third-order valence-corrected chi connectivity index (χ3v) is 3.94. The molecule has 0 saturated carbocycles. The Morgan fingerprint density at radius 3 is 2.68 bits per heavy atom. The van der Waals surface area contributed by atoms with E-state index in [1.165, 1.54) is 17.8 Å². The highest BCUT2D eigenvalue weighted by Gasteiger charge is 2.22. The third kappa shape index (κ3) is 3.41. The highest BCUT2D eigenvalue weighted by atomic mass is 15.2.